The molecule has 2 heterocycles. The van der Waals surface area contributed by atoms with Crippen molar-refractivity contribution < 1.29 is 0 Å². The highest BCUT2D eigenvalue weighted by atomic mass is 15.2. The molecule has 1 aromatic heterocycles. The summed E-state index contributed by atoms with van der Waals surface area (Å²) in [5, 5.41) is 8.73. The number of piperidine rings is 1. The number of hydrogen-bond acceptors (Lipinski definition) is 4. The van der Waals surface area contributed by atoms with Gasteiger partial charge in [-0.3, -0.25) is 0 Å². The van der Waals surface area contributed by atoms with Crippen molar-refractivity contribution in [1.29, 1.82) is 5.26 Å². The third kappa shape index (κ3) is 2.56. The number of pyridine rings is 1. The first-order chi connectivity index (χ1) is 8.22. The van der Waals surface area contributed by atoms with Crippen LogP contribution in [0.4, 0.5) is 5.69 Å². The molecule has 0 amide bonds. The average Bonchev–Trinajstić information content (AvgIpc) is 2.39. The predicted molar refractivity (Wildman–Crippen MR) is 67.6 cm³/mol. The number of hydrogen-bond donors (Lipinski definition) is 1. The molecule has 2 rings (SSSR count). The van der Waals surface area contributed by atoms with E-state index in [0.717, 1.165) is 18.7 Å². The van der Waals surface area contributed by atoms with Gasteiger partial charge in [-0.2, -0.15) is 5.26 Å². The maximum atomic E-state index is 8.73. The molecule has 2 atom stereocenters. The minimum atomic E-state index is 0.158. The Hall–Kier alpha value is -1.60. The third-order valence-corrected chi connectivity index (χ3v) is 3.35. The summed E-state index contributed by atoms with van der Waals surface area (Å²) < 4.78 is 0. The van der Waals surface area contributed by atoms with Crippen LogP contribution in [0.2, 0.25) is 0 Å². The van der Waals surface area contributed by atoms with Crippen molar-refractivity contribution in [3.63, 3.8) is 0 Å². The van der Waals surface area contributed by atoms with Gasteiger partial charge in [-0.15, -0.1) is 0 Å². The Bertz CT molecular complexity index is 404. The summed E-state index contributed by atoms with van der Waals surface area (Å²) in [7, 11) is 0. The van der Waals surface area contributed by atoms with Crippen LogP contribution in [0.3, 0.4) is 0 Å². The van der Waals surface area contributed by atoms with Gasteiger partial charge in [0.25, 0.3) is 0 Å². The van der Waals surface area contributed by atoms with Crippen LogP contribution in [0.15, 0.2) is 18.3 Å². The van der Waals surface area contributed by atoms with Crippen LogP contribution in [0.1, 0.15) is 31.9 Å². The summed E-state index contributed by atoms with van der Waals surface area (Å²) in [6.07, 6.45) is 5.35. The molecule has 1 saturated heterocycles. The van der Waals surface area contributed by atoms with Gasteiger partial charge in [0.15, 0.2) is 0 Å². The molecule has 4 nitrogen and oxygen atoms in total. The number of nitrogens with two attached hydrogens (primary N) is 1. The second kappa shape index (κ2) is 5.15. The van der Waals surface area contributed by atoms with E-state index < -0.39 is 0 Å². The van der Waals surface area contributed by atoms with Crippen molar-refractivity contribution >= 4 is 5.69 Å². The Balaban J connectivity index is 2.21. The fraction of sp³-hybridized carbons (Fsp3) is 0.538. The lowest BCUT2D eigenvalue weighted by Gasteiger charge is -2.39. The van der Waals surface area contributed by atoms with Crippen molar-refractivity contribution in [2.45, 2.75) is 38.3 Å². The van der Waals surface area contributed by atoms with Gasteiger partial charge in [0.2, 0.25) is 0 Å². The Labute approximate surface area is 102 Å². The molecule has 0 saturated carbocycles. The monoisotopic (exact) mass is 230 g/mol. The van der Waals surface area contributed by atoms with Crippen LogP contribution in [0.5, 0.6) is 0 Å². The van der Waals surface area contributed by atoms with E-state index in [2.05, 4.69) is 16.8 Å². The first kappa shape index (κ1) is 11.9. The number of nitrogens with zero attached hydrogens (tertiary/aromatic N) is 3. The molecular formula is C13H18N4. The van der Waals surface area contributed by atoms with Crippen LogP contribution in [0, 0.1) is 11.3 Å². The van der Waals surface area contributed by atoms with Crippen LogP contribution in [0.25, 0.3) is 0 Å². The fourth-order valence-electron chi connectivity index (χ4n) is 2.45. The summed E-state index contributed by atoms with van der Waals surface area (Å²) in [6, 6.07) is 6.31. The van der Waals surface area contributed by atoms with Crippen LogP contribution < -0.4 is 10.6 Å². The molecule has 1 aromatic rings. The van der Waals surface area contributed by atoms with Crippen LogP contribution in [-0.4, -0.2) is 23.6 Å². The van der Waals surface area contributed by atoms with E-state index in [1.807, 2.05) is 12.1 Å². The first-order valence-corrected chi connectivity index (χ1v) is 6.11. The Kier molecular flexibility index (Phi) is 3.60. The van der Waals surface area contributed by atoms with Gasteiger partial charge in [-0.05, 0) is 38.3 Å². The molecule has 1 fully saturated rings. The molecule has 4 heteroatoms. The van der Waals surface area contributed by atoms with E-state index in [1.54, 1.807) is 12.3 Å². The molecular weight excluding hydrogens is 212 g/mol. The van der Waals surface area contributed by atoms with Crippen molar-refractivity contribution in [1.82, 2.24) is 4.98 Å². The van der Waals surface area contributed by atoms with Crippen LogP contribution >= 0.6 is 0 Å². The summed E-state index contributed by atoms with van der Waals surface area (Å²) in [5.74, 6) is 0. The molecule has 0 aliphatic carbocycles. The lowest BCUT2D eigenvalue weighted by molar-refractivity contribution is 0.413. The van der Waals surface area contributed by atoms with E-state index in [9.17, 15) is 0 Å². The zero-order valence-corrected chi connectivity index (χ0v) is 10.1. The summed E-state index contributed by atoms with van der Waals surface area (Å²) >= 11 is 0. The number of nitriles is 1. The normalized spacial score (nSPS) is 21.9. The van der Waals surface area contributed by atoms with E-state index in [0.29, 0.717) is 11.7 Å². The van der Waals surface area contributed by atoms with Gasteiger partial charge in [-0.1, -0.05) is 0 Å². The quantitative estimate of drug-likeness (QED) is 0.839. The predicted octanol–water partition coefficient (Wildman–Crippen LogP) is 1.66. The summed E-state index contributed by atoms with van der Waals surface area (Å²) in [5.41, 5.74) is 7.57. The number of aromatic nitrogens is 1. The molecule has 1 aliphatic heterocycles. The average molecular weight is 230 g/mol. The van der Waals surface area contributed by atoms with Crippen molar-refractivity contribution in [2.75, 3.05) is 11.4 Å². The smallest absolute Gasteiger partial charge is 0.140 e. The molecule has 2 unspecified atom stereocenters. The highest BCUT2D eigenvalue weighted by molar-refractivity contribution is 5.47. The Morgan fingerprint density at radius 3 is 2.94 bits per heavy atom. The highest BCUT2D eigenvalue weighted by Crippen LogP contribution is 2.25. The maximum Gasteiger partial charge on any atom is 0.140 e. The van der Waals surface area contributed by atoms with Crippen LogP contribution in [-0.2, 0) is 0 Å². The SMILES string of the molecule is CC(N)C1CCCCN1c1ccc(C#N)nc1. The van der Waals surface area contributed by atoms with Gasteiger partial charge < -0.3 is 10.6 Å². The summed E-state index contributed by atoms with van der Waals surface area (Å²) in [4.78, 5) is 6.44. The lowest BCUT2D eigenvalue weighted by atomic mass is 9.96. The molecule has 0 bridgehead atoms. The molecule has 17 heavy (non-hydrogen) atoms. The van der Waals surface area contributed by atoms with Gasteiger partial charge in [0, 0.05) is 18.6 Å². The van der Waals surface area contributed by atoms with E-state index in [-0.39, 0.29) is 6.04 Å². The zero-order valence-electron chi connectivity index (χ0n) is 10.1. The largest absolute Gasteiger partial charge is 0.366 e. The second-order valence-corrected chi connectivity index (χ2v) is 4.63. The van der Waals surface area contributed by atoms with E-state index in [1.165, 1.54) is 12.8 Å². The fourth-order valence-corrected chi connectivity index (χ4v) is 2.45. The third-order valence-electron chi connectivity index (χ3n) is 3.35. The number of anilines is 1. The molecule has 0 aromatic carbocycles. The number of rotatable bonds is 2. The topological polar surface area (TPSA) is 65.9 Å². The standard InChI is InChI=1S/C13H18N4/c1-10(15)13-4-2-3-7-17(13)12-6-5-11(8-14)16-9-12/h5-6,9-10,13H,2-4,7,15H2,1H3. The zero-order chi connectivity index (χ0) is 12.3. The van der Waals surface area contributed by atoms with Crippen molar-refractivity contribution in [3.05, 3.63) is 24.0 Å². The molecule has 0 spiro atoms. The minimum Gasteiger partial charge on any atom is -0.366 e. The van der Waals surface area contributed by atoms with Crippen molar-refractivity contribution in [3.8, 4) is 6.07 Å². The second-order valence-electron chi connectivity index (χ2n) is 4.63. The molecule has 0 radical (unpaired) electrons. The highest BCUT2D eigenvalue weighted by Gasteiger charge is 2.25. The Morgan fingerprint density at radius 1 is 1.53 bits per heavy atom. The van der Waals surface area contributed by atoms with E-state index in [4.69, 9.17) is 11.0 Å². The van der Waals surface area contributed by atoms with Gasteiger partial charge >= 0.3 is 0 Å². The molecule has 1 aliphatic rings. The van der Waals surface area contributed by atoms with Gasteiger partial charge in [0.1, 0.15) is 11.8 Å². The lowest BCUT2D eigenvalue weighted by Crippen LogP contribution is -2.49. The van der Waals surface area contributed by atoms with Gasteiger partial charge in [-0.25, -0.2) is 4.98 Å². The summed E-state index contributed by atoms with van der Waals surface area (Å²) in [6.45, 7) is 3.08. The molecule has 90 valence electrons. The maximum absolute atomic E-state index is 8.73. The van der Waals surface area contributed by atoms with Crippen molar-refractivity contribution in [2.24, 2.45) is 5.73 Å². The van der Waals surface area contributed by atoms with Gasteiger partial charge in [0.05, 0.1) is 11.9 Å². The first-order valence-electron chi connectivity index (χ1n) is 6.11. The Morgan fingerprint density at radius 2 is 2.35 bits per heavy atom. The molecule has 2 N–H and O–H groups in total. The van der Waals surface area contributed by atoms with E-state index >= 15 is 0 Å². The minimum absolute atomic E-state index is 0.158.